The van der Waals surface area contributed by atoms with Gasteiger partial charge in [0.1, 0.15) is 5.84 Å². The summed E-state index contributed by atoms with van der Waals surface area (Å²) < 4.78 is 0. The van der Waals surface area contributed by atoms with E-state index in [9.17, 15) is 4.79 Å². The molecule has 3 nitrogen and oxygen atoms in total. The molecule has 0 unspecified atom stereocenters. The molecule has 0 heterocycles. The van der Waals surface area contributed by atoms with Crippen LogP contribution in [0.1, 0.15) is 6.92 Å². The molecule has 0 bridgehead atoms. The Morgan fingerprint density at radius 3 is 2.11 bits per heavy atom. The normalized spacial score (nSPS) is 11.3. The summed E-state index contributed by atoms with van der Waals surface area (Å²) in [6.45, 7) is 4.86. The summed E-state index contributed by atoms with van der Waals surface area (Å²) >= 11 is 0. The van der Waals surface area contributed by atoms with Gasteiger partial charge in [0.2, 0.25) is 5.91 Å². The van der Waals surface area contributed by atoms with Crippen LogP contribution in [0.5, 0.6) is 0 Å². The highest BCUT2D eigenvalue weighted by atomic mass is 16.1. The molecule has 0 aromatic rings. The third kappa shape index (κ3) is 3.70. The Kier molecular flexibility index (Phi) is 2.91. The smallest absolute Gasteiger partial charge is 0.247 e. The molecular formula is C6H11N2O. The Labute approximate surface area is 55.4 Å². The highest BCUT2D eigenvalue weighted by Gasteiger charge is 1.92. The molecule has 0 fully saturated rings. The van der Waals surface area contributed by atoms with Gasteiger partial charge < -0.3 is 4.90 Å². The summed E-state index contributed by atoms with van der Waals surface area (Å²) in [4.78, 5) is 15.6. The summed E-state index contributed by atoms with van der Waals surface area (Å²) in [6.07, 6.45) is 0. The second kappa shape index (κ2) is 3.22. The number of amides is 1. The van der Waals surface area contributed by atoms with Gasteiger partial charge in [-0.2, -0.15) is 0 Å². The molecule has 0 aliphatic heterocycles. The monoisotopic (exact) mass is 127 g/mol. The van der Waals surface area contributed by atoms with Crippen molar-refractivity contribution < 1.29 is 4.79 Å². The van der Waals surface area contributed by atoms with E-state index in [1.165, 1.54) is 0 Å². The van der Waals surface area contributed by atoms with Gasteiger partial charge in [0.05, 0.1) is 0 Å². The standard InChI is InChI=1S/C6H11N2O/c1-5(8(3)4)7-6(2)9/h2H2,1,3-4H3/b7-5+. The SMILES string of the molecule is [CH2]C(=O)/N=C(\C)N(C)C. The van der Waals surface area contributed by atoms with Crippen molar-refractivity contribution in [2.75, 3.05) is 14.1 Å². The Morgan fingerprint density at radius 1 is 1.56 bits per heavy atom. The summed E-state index contributed by atoms with van der Waals surface area (Å²) in [5.41, 5.74) is 0. The molecule has 0 aromatic carbocycles. The van der Waals surface area contributed by atoms with Crippen molar-refractivity contribution in [2.45, 2.75) is 6.92 Å². The van der Waals surface area contributed by atoms with Crippen molar-refractivity contribution in [1.29, 1.82) is 0 Å². The van der Waals surface area contributed by atoms with Gasteiger partial charge in [0.15, 0.2) is 0 Å². The maximum atomic E-state index is 10.2. The van der Waals surface area contributed by atoms with Gasteiger partial charge in [0.25, 0.3) is 0 Å². The maximum Gasteiger partial charge on any atom is 0.247 e. The van der Waals surface area contributed by atoms with E-state index >= 15 is 0 Å². The van der Waals surface area contributed by atoms with Crippen LogP contribution in [0.4, 0.5) is 0 Å². The Hall–Kier alpha value is -0.860. The van der Waals surface area contributed by atoms with Gasteiger partial charge in [-0.05, 0) is 6.92 Å². The molecular weight excluding hydrogens is 116 g/mol. The quantitative estimate of drug-likeness (QED) is 0.347. The largest absolute Gasteiger partial charge is 0.366 e. The fourth-order valence-corrected chi connectivity index (χ4v) is 0.280. The molecule has 1 amide bonds. The predicted octanol–water partition coefficient (Wildman–Crippen LogP) is 0.327. The minimum absolute atomic E-state index is 0.402. The molecule has 0 saturated carbocycles. The number of amidine groups is 1. The number of nitrogens with zero attached hydrogens (tertiary/aromatic N) is 2. The lowest BCUT2D eigenvalue weighted by Crippen LogP contribution is -2.19. The van der Waals surface area contributed by atoms with E-state index in [1.54, 1.807) is 11.8 Å². The van der Waals surface area contributed by atoms with Crippen molar-refractivity contribution in [3.8, 4) is 0 Å². The molecule has 0 aliphatic rings. The van der Waals surface area contributed by atoms with Crippen LogP contribution in [0.25, 0.3) is 0 Å². The average Bonchev–Trinajstić information content (AvgIpc) is 1.63. The molecule has 0 rings (SSSR count). The molecule has 0 saturated heterocycles. The number of hydrogen-bond donors (Lipinski definition) is 0. The highest BCUT2D eigenvalue weighted by Crippen LogP contribution is 1.81. The molecule has 0 aliphatic carbocycles. The van der Waals surface area contributed by atoms with Crippen LogP contribution in [0.3, 0.4) is 0 Å². The lowest BCUT2D eigenvalue weighted by molar-refractivity contribution is -0.113. The van der Waals surface area contributed by atoms with E-state index in [-0.39, 0.29) is 0 Å². The number of carbonyl (C=O) groups is 1. The fourth-order valence-electron chi connectivity index (χ4n) is 0.280. The number of aliphatic imine (C=N–C) groups is 1. The number of carbonyl (C=O) groups excluding carboxylic acids is 1. The topological polar surface area (TPSA) is 32.7 Å². The fraction of sp³-hybridized carbons (Fsp3) is 0.500. The molecule has 9 heavy (non-hydrogen) atoms. The van der Waals surface area contributed by atoms with E-state index in [0.717, 1.165) is 0 Å². The second-order valence-corrected chi connectivity index (χ2v) is 1.95. The summed E-state index contributed by atoms with van der Waals surface area (Å²) in [5, 5.41) is 0. The molecule has 51 valence electrons. The first-order valence-corrected chi connectivity index (χ1v) is 2.62. The Bertz CT molecular complexity index is 138. The first kappa shape index (κ1) is 8.14. The number of rotatable bonds is 0. The zero-order valence-corrected chi connectivity index (χ0v) is 6.01. The van der Waals surface area contributed by atoms with Crippen LogP contribution in [-0.4, -0.2) is 30.7 Å². The lowest BCUT2D eigenvalue weighted by Gasteiger charge is -2.08. The van der Waals surface area contributed by atoms with E-state index in [0.29, 0.717) is 5.84 Å². The molecule has 0 spiro atoms. The van der Waals surface area contributed by atoms with E-state index < -0.39 is 5.91 Å². The summed E-state index contributed by atoms with van der Waals surface area (Å²) in [6, 6.07) is 0. The third-order valence-electron chi connectivity index (χ3n) is 0.934. The molecule has 0 aromatic heterocycles. The van der Waals surface area contributed by atoms with Gasteiger partial charge in [-0.25, -0.2) is 4.99 Å². The average molecular weight is 127 g/mol. The zero-order chi connectivity index (χ0) is 7.44. The Balaban J connectivity index is 4.00. The first-order valence-electron chi connectivity index (χ1n) is 2.62. The van der Waals surface area contributed by atoms with E-state index in [2.05, 4.69) is 11.9 Å². The van der Waals surface area contributed by atoms with E-state index in [1.807, 2.05) is 14.1 Å². The van der Waals surface area contributed by atoms with Crippen molar-refractivity contribution >= 4 is 11.7 Å². The summed E-state index contributed by atoms with van der Waals surface area (Å²) in [7, 11) is 3.64. The minimum Gasteiger partial charge on any atom is -0.366 e. The van der Waals surface area contributed by atoms with Gasteiger partial charge in [-0.15, -0.1) is 0 Å². The molecule has 3 heteroatoms. The van der Waals surface area contributed by atoms with Gasteiger partial charge in [-0.1, -0.05) is 0 Å². The minimum atomic E-state index is -0.402. The van der Waals surface area contributed by atoms with Crippen molar-refractivity contribution in [3.05, 3.63) is 6.92 Å². The van der Waals surface area contributed by atoms with Gasteiger partial charge >= 0.3 is 0 Å². The van der Waals surface area contributed by atoms with E-state index in [4.69, 9.17) is 0 Å². The number of hydrogen-bond acceptors (Lipinski definition) is 1. The van der Waals surface area contributed by atoms with Crippen LogP contribution >= 0.6 is 0 Å². The van der Waals surface area contributed by atoms with Crippen LogP contribution < -0.4 is 0 Å². The predicted molar refractivity (Wildman–Crippen MR) is 37.2 cm³/mol. The highest BCUT2D eigenvalue weighted by molar-refractivity contribution is 5.94. The van der Waals surface area contributed by atoms with Gasteiger partial charge in [-0.3, -0.25) is 4.79 Å². The van der Waals surface area contributed by atoms with Crippen LogP contribution in [-0.2, 0) is 4.79 Å². The van der Waals surface area contributed by atoms with Crippen molar-refractivity contribution in [1.82, 2.24) is 4.90 Å². The first-order chi connectivity index (χ1) is 4.04. The molecule has 0 atom stereocenters. The maximum absolute atomic E-state index is 10.2. The zero-order valence-electron chi connectivity index (χ0n) is 6.01. The summed E-state index contributed by atoms with van der Waals surface area (Å²) in [5.74, 6) is 0.274. The van der Waals surface area contributed by atoms with Crippen LogP contribution in [0, 0.1) is 6.92 Å². The van der Waals surface area contributed by atoms with Gasteiger partial charge in [0, 0.05) is 21.0 Å². The molecule has 0 N–H and O–H groups in total. The van der Waals surface area contributed by atoms with Crippen LogP contribution in [0.2, 0.25) is 0 Å². The molecule has 1 radical (unpaired) electrons. The second-order valence-electron chi connectivity index (χ2n) is 1.95. The Morgan fingerprint density at radius 2 is 2.00 bits per heavy atom. The lowest BCUT2D eigenvalue weighted by atomic mass is 10.6. The van der Waals surface area contributed by atoms with Crippen LogP contribution in [0.15, 0.2) is 4.99 Å². The third-order valence-corrected chi connectivity index (χ3v) is 0.934. The van der Waals surface area contributed by atoms with Crippen molar-refractivity contribution in [2.24, 2.45) is 4.99 Å². The van der Waals surface area contributed by atoms with Crippen molar-refractivity contribution in [3.63, 3.8) is 0 Å².